The smallest absolute Gasteiger partial charge is 0.297 e. The van der Waals surface area contributed by atoms with Gasteiger partial charge < -0.3 is 5.32 Å². The van der Waals surface area contributed by atoms with E-state index in [0.717, 1.165) is 53.9 Å². The zero-order chi connectivity index (χ0) is 30.7. The minimum absolute atomic E-state index is 0.154. The highest BCUT2D eigenvalue weighted by molar-refractivity contribution is 7.91. The highest BCUT2D eigenvalue weighted by Crippen LogP contribution is 2.38. The summed E-state index contributed by atoms with van der Waals surface area (Å²) < 4.78 is 120. The first-order chi connectivity index (χ1) is 19.5. The summed E-state index contributed by atoms with van der Waals surface area (Å²) in [6.45, 7) is 0. The minimum Gasteiger partial charge on any atom is -0.353 e. The number of hydrogen-bond acceptors (Lipinski definition) is 9. The van der Waals surface area contributed by atoms with Crippen LogP contribution in [0.2, 0.25) is 0 Å². The molecule has 0 radical (unpaired) electrons. The van der Waals surface area contributed by atoms with Gasteiger partial charge in [-0.25, -0.2) is 22.0 Å². The van der Waals surface area contributed by atoms with Crippen molar-refractivity contribution in [1.29, 1.82) is 0 Å². The van der Waals surface area contributed by atoms with Gasteiger partial charge in [0.1, 0.15) is 9.79 Å². The molecule has 0 aromatic heterocycles. The van der Waals surface area contributed by atoms with Crippen molar-refractivity contribution < 1.29 is 42.8 Å². The van der Waals surface area contributed by atoms with Crippen LogP contribution in [0.1, 0.15) is 0 Å². The number of benzene rings is 5. The van der Waals surface area contributed by atoms with Crippen LogP contribution in [0.15, 0.2) is 115 Å². The summed E-state index contributed by atoms with van der Waals surface area (Å²) in [4.78, 5) is -2.63. The second-order valence-corrected chi connectivity index (χ2v) is 15.3. The predicted molar refractivity (Wildman–Crippen MR) is 154 cm³/mol. The van der Waals surface area contributed by atoms with E-state index in [2.05, 4.69) is 5.32 Å². The fraction of sp³-hybridized carbons (Fsp3) is 0. The molecule has 0 bridgehead atoms. The topological polar surface area (TPSA) is 215 Å². The first-order valence-corrected chi connectivity index (χ1v) is 17.6. The van der Waals surface area contributed by atoms with Gasteiger partial charge in [-0.15, -0.1) is 0 Å². The van der Waals surface area contributed by atoms with Crippen LogP contribution in [-0.4, -0.2) is 42.8 Å². The van der Waals surface area contributed by atoms with Gasteiger partial charge in [0.05, 0.1) is 26.1 Å². The molecule has 0 saturated carbocycles. The maximum Gasteiger partial charge on any atom is 0.297 e. The molecule has 218 valence electrons. The molecule has 0 aliphatic heterocycles. The number of fused-ring (bicyclic) bond motifs is 2. The highest BCUT2D eigenvalue weighted by Gasteiger charge is 2.27. The lowest BCUT2D eigenvalue weighted by Gasteiger charge is -2.17. The molecule has 0 unspecified atom stereocenters. The van der Waals surface area contributed by atoms with Gasteiger partial charge in [-0.05, 0) is 53.2 Å². The molecule has 0 aliphatic rings. The number of nitrogens with one attached hydrogen (secondary N) is 1. The van der Waals surface area contributed by atoms with Gasteiger partial charge in [0.25, 0.3) is 20.2 Å². The van der Waals surface area contributed by atoms with Crippen LogP contribution in [0.25, 0.3) is 21.5 Å². The summed E-state index contributed by atoms with van der Waals surface area (Å²) in [6.07, 6.45) is 0. The zero-order valence-electron chi connectivity index (χ0n) is 21.0. The van der Waals surface area contributed by atoms with Crippen LogP contribution in [0.4, 0.5) is 11.4 Å². The van der Waals surface area contributed by atoms with Crippen molar-refractivity contribution in [2.24, 2.45) is 5.14 Å². The number of nitrogens with two attached hydrogens (primary N) is 1. The average molecular weight is 649 g/mol. The second kappa shape index (κ2) is 10.1. The average Bonchev–Trinajstić information content (AvgIpc) is 2.90. The van der Waals surface area contributed by atoms with Crippen molar-refractivity contribution in [2.45, 2.75) is 24.5 Å². The minimum atomic E-state index is -5.14. The molecule has 5 aromatic carbocycles. The third-order valence-electron chi connectivity index (χ3n) is 6.38. The van der Waals surface area contributed by atoms with Crippen molar-refractivity contribution in [3.8, 4) is 0 Å². The molecule has 5 N–H and O–H groups in total. The van der Waals surface area contributed by atoms with E-state index in [9.17, 15) is 42.8 Å². The van der Waals surface area contributed by atoms with Gasteiger partial charge in [-0.1, -0.05) is 48.5 Å². The molecular formula is C26H20N2O10S4. The van der Waals surface area contributed by atoms with Gasteiger partial charge >= 0.3 is 0 Å². The van der Waals surface area contributed by atoms with Gasteiger partial charge in [0.2, 0.25) is 19.9 Å². The Morgan fingerprint density at radius 1 is 0.548 bits per heavy atom. The van der Waals surface area contributed by atoms with Crippen molar-refractivity contribution in [1.82, 2.24) is 0 Å². The van der Waals surface area contributed by atoms with E-state index in [1.807, 2.05) is 0 Å². The monoisotopic (exact) mass is 648 g/mol. The number of anilines is 2. The van der Waals surface area contributed by atoms with Crippen LogP contribution in [0.5, 0.6) is 0 Å². The molecule has 0 heterocycles. The third-order valence-corrected chi connectivity index (χ3v) is 11.0. The van der Waals surface area contributed by atoms with E-state index in [0.29, 0.717) is 5.39 Å². The Labute approximate surface area is 240 Å². The Kier molecular flexibility index (Phi) is 7.13. The van der Waals surface area contributed by atoms with E-state index < -0.39 is 71.1 Å². The lowest BCUT2D eigenvalue weighted by atomic mass is 10.1. The summed E-state index contributed by atoms with van der Waals surface area (Å²) in [7, 11) is -18.7. The lowest BCUT2D eigenvalue weighted by molar-refractivity contribution is 0.481. The van der Waals surface area contributed by atoms with Crippen molar-refractivity contribution in [2.75, 3.05) is 5.32 Å². The molecule has 16 heteroatoms. The molecule has 42 heavy (non-hydrogen) atoms. The van der Waals surface area contributed by atoms with Crippen LogP contribution in [0, 0.1) is 0 Å². The number of hydrogen-bond donors (Lipinski definition) is 4. The fourth-order valence-corrected chi connectivity index (χ4v) is 8.06. The fourth-order valence-electron chi connectivity index (χ4n) is 4.53. The molecule has 12 nitrogen and oxygen atoms in total. The van der Waals surface area contributed by atoms with Crippen molar-refractivity contribution in [3.63, 3.8) is 0 Å². The van der Waals surface area contributed by atoms with Gasteiger partial charge in [-0.3, -0.25) is 9.11 Å². The Morgan fingerprint density at radius 3 is 1.86 bits per heavy atom. The van der Waals surface area contributed by atoms with Crippen LogP contribution in [-0.2, 0) is 40.1 Å². The van der Waals surface area contributed by atoms with E-state index in [1.165, 1.54) is 12.1 Å². The van der Waals surface area contributed by atoms with E-state index in [-0.39, 0.29) is 15.7 Å². The third kappa shape index (κ3) is 5.48. The normalized spacial score (nSPS) is 12.9. The standard InChI is InChI=1S/C26H20N2O10S4/c27-40(31,32)19-10-13-25(39(29,30)18-9-8-16-4-1-2-5-17(16)14-18)23(15-19)28-22-12-11-20-21(26(22)42(36,37)38)6-3-7-24(20)41(33,34)35/h1-15,28H,(H2,27,31,32)(H,33,34,35)(H,36,37,38). The summed E-state index contributed by atoms with van der Waals surface area (Å²) in [5.74, 6) is 0. The van der Waals surface area contributed by atoms with Gasteiger partial charge in [0, 0.05) is 10.8 Å². The maximum atomic E-state index is 13.8. The second-order valence-electron chi connectivity index (χ2n) is 9.08. The van der Waals surface area contributed by atoms with Gasteiger partial charge in [-0.2, -0.15) is 16.8 Å². The number of sulfone groups is 1. The maximum absolute atomic E-state index is 13.8. The lowest BCUT2D eigenvalue weighted by Crippen LogP contribution is -2.14. The SMILES string of the molecule is NS(=O)(=O)c1ccc(S(=O)(=O)c2ccc3ccccc3c2)c(Nc2ccc3c(S(=O)(=O)O)cccc3c2S(=O)(=O)O)c1. The quantitative estimate of drug-likeness (QED) is 0.187. The first kappa shape index (κ1) is 29.6. The Morgan fingerprint density at radius 2 is 1.21 bits per heavy atom. The number of sulfonamides is 1. The molecule has 0 saturated heterocycles. The van der Waals surface area contributed by atoms with E-state index in [1.54, 1.807) is 30.3 Å². The van der Waals surface area contributed by atoms with Gasteiger partial charge in [0.15, 0.2) is 0 Å². The van der Waals surface area contributed by atoms with Crippen molar-refractivity contribution in [3.05, 3.63) is 91.0 Å². The summed E-state index contributed by atoms with van der Waals surface area (Å²) >= 11 is 0. The van der Waals surface area contributed by atoms with Crippen LogP contribution >= 0.6 is 0 Å². The molecule has 0 spiro atoms. The Bertz CT molecular complexity index is 2370. The van der Waals surface area contributed by atoms with E-state index in [4.69, 9.17) is 5.14 Å². The molecular weight excluding hydrogens is 629 g/mol. The van der Waals surface area contributed by atoms with Crippen molar-refractivity contribution >= 4 is 73.0 Å². The first-order valence-electron chi connectivity index (χ1n) is 11.7. The largest absolute Gasteiger partial charge is 0.353 e. The summed E-state index contributed by atoms with van der Waals surface area (Å²) in [5.41, 5.74) is -0.844. The summed E-state index contributed by atoms with van der Waals surface area (Å²) in [5, 5.41) is 8.60. The highest BCUT2D eigenvalue weighted by atomic mass is 32.2. The Hall–Kier alpha value is -3.90. The molecule has 0 atom stereocenters. The molecule has 0 fully saturated rings. The molecule has 0 amide bonds. The number of rotatable bonds is 7. The molecule has 5 aromatic rings. The zero-order valence-corrected chi connectivity index (χ0v) is 24.3. The van der Waals surface area contributed by atoms with E-state index >= 15 is 0 Å². The predicted octanol–water partition coefficient (Wildman–Crippen LogP) is 3.71. The molecule has 5 rings (SSSR count). The molecule has 0 aliphatic carbocycles. The number of primary sulfonamides is 1. The van der Waals surface area contributed by atoms with Crippen LogP contribution < -0.4 is 10.5 Å². The van der Waals surface area contributed by atoms with Crippen LogP contribution in [0.3, 0.4) is 0 Å². The Balaban J connectivity index is 1.77. The summed E-state index contributed by atoms with van der Waals surface area (Å²) in [6, 6.07) is 19.6.